The summed E-state index contributed by atoms with van der Waals surface area (Å²) in [6, 6.07) is 6.06. The highest BCUT2D eigenvalue weighted by molar-refractivity contribution is 7.86. The summed E-state index contributed by atoms with van der Waals surface area (Å²) in [5, 5.41) is 0. The Labute approximate surface area is 155 Å². The van der Waals surface area contributed by atoms with Gasteiger partial charge in [-0.1, -0.05) is 70.1 Å². The Hall–Kier alpha value is -1.20. The Balaban J connectivity index is 2.67. The topological polar surface area (TPSA) is 60.4 Å². The second kappa shape index (κ2) is 11.4. The number of rotatable bonds is 13. The lowest BCUT2D eigenvalue weighted by molar-refractivity contribution is -0.125. The molecule has 0 aliphatic rings. The van der Waals surface area contributed by atoms with Crippen LogP contribution in [0.2, 0.25) is 0 Å². The molecule has 0 bridgehead atoms. The predicted octanol–water partition coefficient (Wildman–Crippen LogP) is 5.19. The first-order chi connectivity index (χ1) is 12.6. The van der Waals surface area contributed by atoms with Crippen LogP contribution < -0.4 is 0 Å². The predicted molar refractivity (Wildman–Crippen MR) is 101 cm³/mol. The number of benzene rings is 1. The molecule has 1 atom stereocenters. The fourth-order valence-electron chi connectivity index (χ4n) is 2.54. The molecular formula is C20H32O4S. The van der Waals surface area contributed by atoms with Gasteiger partial charge in [-0.25, -0.2) is 0 Å². The van der Waals surface area contributed by atoms with Crippen molar-refractivity contribution in [1.82, 2.24) is 0 Å². The van der Waals surface area contributed by atoms with Crippen molar-refractivity contribution < 1.29 is 20.1 Å². The molecular weight excluding hydrogens is 336 g/mol. The molecule has 0 fully saturated rings. The quantitative estimate of drug-likeness (QED) is 0.354. The molecule has 1 aromatic rings. The van der Waals surface area contributed by atoms with Gasteiger partial charge in [0.1, 0.15) is 6.10 Å². The van der Waals surface area contributed by atoms with Crippen LogP contribution in [0.15, 0.2) is 29.2 Å². The second-order valence-electron chi connectivity index (χ2n) is 6.37. The van der Waals surface area contributed by atoms with Crippen LogP contribution in [0.5, 0.6) is 0 Å². The fraction of sp³-hybridized carbons (Fsp3) is 0.650. The Bertz CT molecular complexity index is 679. The van der Waals surface area contributed by atoms with Crippen molar-refractivity contribution in [2.24, 2.45) is 0 Å². The Morgan fingerprint density at radius 2 is 1.60 bits per heavy atom. The van der Waals surface area contributed by atoms with E-state index in [-0.39, 0.29) is 11.3 Å². The van der Waals surface area contributed by atoms with Crippen molar-refractivity contribution in [3.63, 3.8) is 0 Å². The molecule has 1 aromatic carbocycles. The summed E-state index contributed by atoms with van der Waals surface area (Å²) in [7, 11) is -4.21. The van der Waals surface area contributed by atoms with Gasteiger partial charge in [0.25, 0.3) is 10.1 Å². The summed E-state index contributed by atoms with van der Waals surface area (Å²) in [5.74, 6) is -0.508. The first-order valence-corrected chi connectivity index (χ1v) is 10.5. The summed E-state index contributed by atoms with van der Waals surface area (Å²) >= 11 is 0. The van der Waals surface area contributed by atoms with Crippen molar-refractivity contribution in [3.05, 3.63) is 29.8 Å². The van der Waals surface area contributed by atoms with Crippen molar-refractivity contribution in [2.75, 3.05) is 0 Å². The normalized spacial score (nSPS) is 14.7. The van der Waals surface area contributed by atoms with E-state index in [9.17, 15) is 13.2 Å². The van der Waals surface area contributed by atoms with Crippen molar-refractivity contribution in [1.29, 1.82) is 0 Å². The summed E-state index contributed by atoms with van der Waals surface area (Å²) in [5.41, 5.74) is 0.895. The molecule has 0 aliphatic heterocycles. The third kappa shape index (κ3) is 8.15. The molecule has 0 N–H and O–H groups in total. The van der Waals surface area contributed by atoms with E-state index < -0.39 is 28.4 Å². The molecule has 0 saturated carbocycles. The summed E-state index contributed by atoms with van der Waals surface area (Å²) in [6.45, 7) is 5.16. The van der Waals surface area contributed by atoms with Gasteiger partial charge in [-0.3, -0.25) is 8.98 Å². The molecule has 25 heavy (non-hydrogen) atoms. The summed E-state index contributed by atoms with van der Waals surface area (Å²) in [4.78, 5) is 12.4. The Morgan fingerprint density at radius 1 is 1.04 bits per heavy atom. The van der Waals surface area contributed by atoms with Gasteiger partial charge in [0.15, 0.2) is 5.78 Å². The lowest BCUT2D eigenvalue weighted by Crippen LogP contribution is -2.26. The zero-order chi connectivity index (χ0) is 20.5. The van der Waals surface area contributed by atoms with Crippen LogP contribution in [-0.4, -0.2) is 20.3 Å². The first-order valence-electron chi connectivity index (χ1n) is 10.1. The number of ketones is 1. The standard InChI is InChI=1S/C20H32O4S/c1-4-6-7-8-9-10-11-12-19(21)20(5-2)24-25(22,23)18-15-13-17(3)14-16-18/h13-16,20H,4-12H2,1-3H3/i5D2. The average molecular weight is 371 g/mol. The van der Waals surface area contributed by atoms with Gasteiger partial charge in [-0.05, 0) is 31.9 Å². The van der Waals surface area contributed by atoms with Crippen LogP contribution in [0, 0.1) is 6.92 Å². The third-order valence-electron chi connectivity index (χ3n) is 4.11. The third-order valence-corrected chi connectivity index (χ3v) is 5.41. The molecule has 0 radical (unpaired) electrons. The lowest BCUT2D eigenvalue weighted by Gasteiger charge is -2.15. The van der Waals surface area contributed by atoms with E-state index in [1.54, 1.807) is 12.1 Å². The molecule has 1 rings (SSSR count). The van der Waals surface area contributed by atoms with E-state index in [1.807, 2.05) is 6.92 Å². The van der Waals surface area contributed by atoms with E-state index in [4.69, 9.17) is 6.92 Å². The first kappa shape index (κ1) is 18.6. The minimum Gasteiger partial charge on any atom is -0.297 e. The monoisotopic (exact) mass is 370 g/mol. The minimum absolute atomic E-state index is 0.0777. The van der Waals surface area contributed by atoms with Gasteiger partial charge < -0.3 is 0 Å². The van der Waals surface area contributed by atoms with Gasteiger partial charge in [0, 0.05) is 9.16 Å². The van der Waals surface area contributed by atoms with Crippen molar-refractivity contribution in [3.8, 4) is 0 Å². The van der Waals surface area contributed by atoms with Gasteiger partial charge in [0.2, 0.25) is 0 Å². The van der Waals surface area contributed by atoms with Gasteiger partial charge in [-0.2, -0.15) is 8.42 Å². The zero-order valence-corrected chi connectivity index (χ0v) is 16.4. The maximum Gasteiger partial charge on any atom is 0.297 e. The van der Waals surface area contributed by atoms with Gasteiger partial charge in [-0.15, -0.1) is 0 Å². The SMILES string of the molecule is [2H]C([2H])(C)C(OS(=O)(=O)c1ccc(C)cc1)C(=O)CCCCCCCCC. The Morgan fingerprint density at radius 3 is 2.16 bits per heavy atom. The fourth-order valence-corrected chi connectivity index (χ4v) is 3.57. The number of hydrogen-bond donors (Lipinski definition) is 0. The van der Waals surface area contributed by atoms with E-state index in [1.165, 1.54) is 38.3 Å². The highest BCUT2D eigenvalue weighted by Crippen LogP contribution is 2.18. The van der Waals surface area contributed by atoms with Crippen LogP contribution in [0.3, 0.4) is 0 Å². The second-order valence-corrected chi connectivity index (χ2v) is 7.94. The highest BCUT2D eigenvalue weighted by Gasteiger charge is 2.25. The minimum atomic E-state index is -4.21. The number of carbonyl (C=O) groups excluding carboxylic acids is 1. The Kier molecular flexibility index (Phi) is 8.49. The molecule has 0 heterocycles. The molecule has 0 aliphatic carbocycles. The maximum atomic E-state index is 12.5. The van der Waals surface area contributed by atoms with Crippen LogP contribution in [0.4, 0.5) is 0 Å². The van der Waals surface area contributed by atoms with E-state index in [2.05, 4.69) is 6.92 Å². The van der Waals surface area contributed by atoms with Crippen molar-refractivity contribution in [2.45, 2.75) is 89.5 Å². The van der Waals surface area contributed by atoms with E-state index >= 15 is 0 Å². The van der Waals surface area contributed by atoms with Crippen LogP contribution in [0.25, 0.3) is 0 Å². The summed E-state index contributed by atoms with van der Waals surface area (Å²) in [6.07, 6.45) is 3.61. The largest absolute Gasteiger partial charge is 0.297 e. The highest BCUT2D eigenvalue weighted by atomic mass is 32.2. The molecule has 5 heteroatoms. The maximum absolute atomic E-state index is 12.5. The molecule has 1 unspecified atom stereocenters. The van der Waals surface area contributed by atoms with E-state index in [0.29, 0.717) is 6.42 Å². The lowest BCUT2D eigenvalue weighted by atomic mass is 10.0. The number of hydrogen-bond acceptors (Lipinski definition) is 4. The van der Waals surface area contributed by atoms with Crippen LogP contribution in [0.1, 0.15) is 79.9 Å². The van der Waals surface area contributed by atoms with Crippen LogP contribution in [-0.2, 0) is 19.1 Å². The molecule has 0 amide bonds. The number of Topliss-reactive ketones (excluding diaryl/α,β-unsaturated/α-hetero) is 1. The molecule has 4 nitrogen and oxygen atoms in total. The van der Waals surface area contributed by atoms with Gasteiger partial charge >= 0.3 is 0 Å². The van der Waals surface area contributed by atoms with Crippen molar-refractivity contribution >= 4 is 15.9 Å². The van der Waals surface area contributed by atoms with Gasteiger partial charge in [0.05, 0.1) is 4.90 Å². The van der Waals surface area contributed by atoms with Crippen LogP contribution >= 0.6 is 0 Å². The molecule has 0 saturated heterocycles. The smallest absolute Gasteiger partial charge is 0.297 e. The molecule has 0 spiro atoms. The number of carbonyl (C=O) groups is 1. The van der Waals surface area contributed by atoms with E-state index in [0.717, 1.165) is 24.8 Å². The number of unbranched alkanes of at least 4 members (excludes halogenated alkanes) is 6. The molecule has 142 valence electrons. The zero-order valence-electron chi connectivity index (χ0n) is 17.6. The average Bonchev–Trinajstić information content (AvgIpc) is 2.58. The summed E-state index contributed by atoms with van der Waals surface area (Å²) < 4.78 is 45.6. The number of aryl methyl sites for hydroxylation is 1. The molecule has 0 aromatic heterocycles.